The minimum Gasteiger partial charge on any atom is -0.249 e. The molecule has 1 aromatic heterocycles. The van der Waals surface area contributed by atoms with Gasteiger partial charge in [-0.1, -0.05) is 19.1 Å². The number of hydrogen-bond donors (Lipinski definition) is 0. The van der Waals surface area contributed by atoms with Crippen molar-refractivity contribution >= 4 is 11.6 Å². The molecule has 3 nitrogen and oxygen atoms in total. The smallest absolute Gasteiger partial charge is 0.0827 e. The summed E-state index contributed by atoms with van der Waals surface area (Å²) in [6.45, 7) is 4.68. The molecule has 1 fully saturated rings. The number of alkyl halides is 1. The Hall–Kier alpha value is -0.570. The summed E-state index contributed by atoms with van der Waals surface area (Å²) in [5, 5.41) is 8.52. The van der Waals surface area contributed by atoms with Crippen LogP contribution in [-0.2, 0) is 6.42 Å². The molecule has 4 heteroatoms. The van der Waals surface area contributed by atoms with Crippen LogP contribution in [0.2, 0.25) is 0 Å². The lowest BCUT2D eigenvalue weighted by Crippen LogP contribution is -2.23. The fourth-order valence-electron chi connectivity index (χ4n) is 2.97. The fourth-order valence-corrected chi connectivity index (χ4v) is 3.11. The molecule has 1 aliphatic carbocycles. The molecule has 96 valence electrons. The Morgan fingerprint density at radius 3 is 2.65 bits per heavy atom. The summed E-state index contributed by atoms with van der Waals surface area (Å²) < 4.78 is 2.08. The molecule has 1 saturated carbocycles. The van der Waals surface area contributed by atoms with E-state index in [0.29, 0.717) is 11.9 Å². The maximum absolute atomic E-state index is 5.69. The van der Waals surface area contributed by atoms with Gasteiger partial charge in [0.15, 0.2) is 0 Å². The highest BCUT2D eigenvalue weighted by Gasteiger charge is 2.25. The van der Waals surface area contributed by atoms with E-state index in [0.717, 1.165) is 30.4 Å². The molecule has 1 aliphatic rings. The van der Waals surface area contributed by atoms with Crippen LogP contribution in [-0.4, -0.2) is 20.9 Å². The minimum atomic E-state index is 0.547. The van der Waals surface area contributed by atoms with Crippen LogP contribution in [0.25, 0.3) is 0 Å². The van der Waals surface area contributed by atoms with Crippen molar-refractivity contribution in [2.75, 3.05) is 5.88 Å². The lowest BCUT2D eigenvalue weighted by atomic mass is 9.80. The molecule has 0 spiro atoms. The zero-order chi connectivity index (χ0) is 12.3. The minimum absolute atomic E-state index is 0.547. The van der Waals surface area contributed by atoms with E-state index in [1.54, 1.807) is 0 Å². The van der Waals surface area contributed by atoms with Gasteiger partial charge >= 0.3 is 0 Å². The quantitative estimate of drug-likeness (QED) is 0.772. The molecule has 0 amide bonds. The Morgan fingerprint density at radius 1 is 1.29 bits per heavy atom. The summed E-state index contributed by atoms with van der Waals surface area (Å²) in [4.78, 5) is 0. The molecule has 2 rings (SSSR count). The SMILES string of the molecule is CC1CC(C)CC(n2cc(CCCCl)nn2)C1. The van der Waals surface area contributed by atoms with Crippen LogP contribution < -0.4 is 0 Å². The first-order chi connectivity index (χ1) is 8.19. The Labute approximate surface area is 109 Å². The number of rotatable bonds is 4. The van der Waals surface area contributed by atoms with E-state index >= 15 is 0 Å². The van der Waals surface area contributed by atoms with Gasteiger partial charge < -0.3 is 0 Å². The molecular formula is C13H22ClN3. The number of hydrogen-bond acceptors (Lipinski definition) is 2. The van der Waals surface area contributed by atoms with Gasteiger partial charge in [-0.2, -0.15) is 0 Å². The zero-order valence-corrected chi connectivity index (χ0v) is 11.5. The standard InChI is InChI=1S/C13H22ClN3/c1-10-6-11(2)8-13(7-10)17-9-12(15-16-17)4-3-5-14/h9-11,13H,3-8H2,1-2H3. The van der Waals surface area contributed by atoms with Gasteiger partial charge in [-0.05, 0) is 43.9 Å². The van der Waals surface area contributed by atoms with Gasteiger partial charge in [0.2, 0.25) is 0 Å². The van der Waals surface area contributed by atoms with Gasteiger partial charge in [0.1, 0.15) is 0 Å². The number of aryl methyl sites for hydroxylation is 1. The van der Waals surface area contributed by atoms with Crippen molar-refractivity contribution in [2.24, 2.45) is 11.8 Å². The molecular weight excluding hydrogens is 234 g/mol. The molecule has 0 aromatic carbocycles. The molecule has 2 unspecified atom stereocenters. The maximum Gasteiger partial charge on any atom is 0.0827 e. The van der Waals surface area contributed by atoms with Crippen molar-refractivity contribution in [3.8, 4) is 0 Å². The predicted molar refractivity (Wildman–Crippen MR) is 70.3 cm³/mol. The average Bonchev–Trinajstić information content (AvgIpc) is 2.73. The van der Waals surface area contributed by atoms with E-state index < -0.39 is 0 Å². The summed E-state index contributed by atoms with van der Waals surface area (Å²) in [5.74, 6) is 2.31. The summed E-state index contributed by atoms with van der Waals surface area (Å²) in [5.41, 5.74) is 1.08. The van der Waals surface area contributed by atoms with Crippen LogP contribution in [0.5, 0.6) is 0 Å². The Morgan fingerprint density at radius 2 is 2.00 bits per heavy atom. The highest BCUT2D eigenvalue weighted by molar-refractivity contribution is 6.17. The van der Waals surface area contributed by atoms with Crippen molar-refractivity contribution in [2.45, 2.75) is 52.0 Å². The number of halogens is 1. The van der Waals surface area contributed by atoms with Crippen LogP contribution in [0.1, 0.15) is 51.3 Å². The summed E-state index contributed by atoms with van der Waals surface area (Å²) in [6.07, 6.45) is 7.87. The molecule has 0 bridgehead atoms. The van der Waals surface area contributed by atoms with E-state index in [-0.39, 0.29) is 0 Å². The molecule has 17 heavy (non-hydrogen) atoms. The average molecular weight is 256 g/mol. The van der Waals surface area contributed by atoms with Gasteiger partial charge in [0.05, 0.1) is 11.7 Å². The second-order valence-corrected chi connectivity index (χ2v) is 5.93. The third-order valence-electron chi connectivity index (χ3n) is 3.65. The van der Waals surface area contributed by atoms with Gasteiger partial charge in [0.25, 0.3) is 0 Å². The first-order valence-corrected chi connectivity index (χ1v) is 7.19. The van der Waals surface area contributed by atoms with Gasteiger partial charge in [-0.3, -0.25) is 0 Å². The van der Waals surface area contributed by atoms with Crippen LogP contribution in [0.3, 0.4) is 0 Å². The van der Waals surface area contributed by atoms with Crippen molar-refractivity contribution in [3.05, 3.63) is 11.9 Å². The van der Waals surface area contributed by atoms with E-state index in [2.05, 4.69) is 35.0 Å². The second-order valence-electron chi connectivity index (χ2n) is 5.55. The molecule has 1 heterocycles. The first-order valence-electron chi connectivity index (χ1n) is 6.65. The molecule has 2 atom stereocenters. The third-order valence-corrected chi connectivity index (χ3v) is 3.92. The lowest BCUT2D eigenvalue weighted by molar-refractivity contribution is 0.208. The number of aromatic nitrogens is 3. The fraction of sp³-hybridized carbons (Fsp3) is 0.846. The summed E-state index contributed by atoms with van der Waals surface area (Å²) >= 11 is 5.69. The van der Waals surface area contributed by atoms with Gasteiger partial charge in [-0.25, -0.2) is 4.68 Å². The summed E-state index contributed by atoms with van der Waals surface area (Å²) in [6, 6.07) is 0.547. The molecule has 0 saturated heterocycles. The second kappa shape index (κ2) is 5.85. The largest absolute Gasteiger partial charge is 0.249 e. The molecule has 1 aromatic rings. The Bertz CT molecular complexity index is 340. The van der Waals surface area contributed by atoms with Crippen LogP contribution >= 0.6 is 11.6 Å². The predicted octanol–water partition coefficient (Wildman–Crippen LogP) is 3.45. The molecule has 0 aliphatic heterocycles. The van der Waals surface area contributed by atoms with Crippen molar-refractivity contribution < 1.29 is 0 Å². The highest BCUT2D eigenvalue weighted by atomic mass is 35.5. The number of nitrogens with zero attached hydrogens (tertiary/aromatic N) is 3. The lowest BCUT2D eigenvalue weighted by Gasteiger charge is -2.31. The van der Waals surface area contributed by atoms with E-state index in [1.165, 1.54) is 19.3 Å². The molecule has 0 N–H and O–H groups in total. The van der Waals surface area contributed by atoms with Gasteiger partial charge in [-0.15, -0.1) is 16.7 Å². The maximum atomic E-state index is 5.69. The monoisotopic (exact) mass is 255 g/mol. The van der Waals surface area contributed by atoms with Crippen LogP contribution in [0.15, 0.2) is 6.20 Å². The first kappa shape index (κ1) is 12.9. The van der Waals surface area contributed by atoms with E-state index in [9.17, 15) is 0 Å². The topological polar surface area (TPSA) is 30.7 Å². The van der Waals surface area contributed by atoms with Crippen molar-refractivity contribution in [1.82, 2.24) is 15.0 Å². The van der Waals surface area contributed by atoms with Crippen LogP contribution in [0, 0.1) is 11.8 Å². The Balaban J connectivity index is 1.98. The highest BCUT2D eigenvalue weighted by Crippen LogP contribution is 2.35. The zero-order valence-electron chi connectivity index (χ0n) is 10.8. The normalized spacial score (nSPS) is 29.5. The van der Waals surface area contributed by atoms with Crippen molar-refractivity contribution in [1.29, 1.82) is 0 Å². The van der Waals surface area contributed by atoms with Crippen molar-refractivity contribution in [3.63, 3.8) is 0 Å². The van der Waals surface area contributed by atoms with Gasteiger partial charge in [0, 0.05) is 12.1 Å². The van der Waals surface area contributed by atoms with E-state index in [4.69, 9.17) is 11.6 Å². The summed E-state index contributed by atoms with van der Waals surface area (Å²) in [7, 11) is 0. The molecule has 0 radical (unpaired) electrons. The Kier molecular flexibility index (Phi) is 4.43. The van der Waals surface area contributed by atoms with E-state index in [1.807, 2.05) is 0 Å². The third kappa shape index (κ3) is 3.44. The van der Waals surface area contributed by atoms with Crippen LogP contribution in [0.4, 0.5) is 0 Å².